The summed E-state index contributed by atoms with van der Waals surface area (Å²) in [6.07, 6.45) is 3.60. The van der Waals surface area contributed by atoms with Gasteiger partial charge in [-0.3, -0.25) is 0 Å². The van der Waals surface area contributed by atoms with Gasteiger partial charge in [0, 0.05) is 19.5 Å². The lowest BCUT2D eigenvalue weighted by atomic mass is 9.81. The maximum atomic E-state index is 4.31. The first-order chi connectivity index (χ1) is 8.50. The topological polar surface area (TPSA) is 42.7 Å². The van der Waals surface area contributed by atoms with E-state index in [9.17, 15) is 0 Å². The van der Waals surface area contributed by atoms with Crippen LogP contribution in [0.3, 0.4) is 0 Å². The molecular formula is C14H26N4. The molecule has 0 aromatic carbocycles. The zero-order chi connectivity index (χ0) is 13.2. The minimum absolute atomic E-state index is 0.324. The van der Waals surface area contributed by atoms with Crippen molar-refractivity contribution in [2.75, 3.05) is 6.54 Å². The lowest BCUT2D eigenvalue weighted by Gasteiger charge is -2.29. The minimum atomic E-state index is 0.324. The van der Waals surface area contributed by atoms with Crippen LogP contribution in [-0.4, -0.2) is 21.3 Å². The summed E-state index contributed by atoms with van der Waals surface area (Å²) in [5.41, 5.74) is 0.324. The van der Waals surface area contributed by atoms with Crippen LogP contribution in [0, 0.1) is 11.3 Å². The fourth-order valence-electron chi connectivity index (χ4n) is 2.20. The van der Waals surface area contributed by atoms with Gasteiger partial charge in [0.25, 0.3) is 0 Å². The van der Waals surface area contributed by atoms with Gasteiger partial charge in [0.1, 0.15) is 11.6 Å². The first-order valence-corrected chi connectivity index (χ1v) is 7.12. The van der Waals surface area contributed by atoms with Gasteiger partial charge in [-0.25, -0.2) is 0 Å². The first-order valence-electron chi connectivity index (χ1n) is 7.12. The number of nitrogens with one attached hydrogen (secondary N) is 1. The molecule has 0 unspecified atom stereocenters. The molecule has 0 fully saturated rings. The van der Waals surface area contributed by atoms with Crippen molar-refractivity contribution in [1.82, 2.24) is 20.1 Å². The van der Waals surface area contributed by atoms with Crippen LogP contribution in [0.15, 0.2) is 0 Å². The third kappa shape index (κ3) is 2.91. The first kappa shape index (κ1) is 13.5. The predicted molar refractivity (Wildman–Crippen MR) is 73.3 cm³/mol. The van der Waals surface area contributed by atoms with Crippen molar-refractivity contribution in [2.45, 2.75) is 60.0 Å². The minimum Gasteiger partial charge on any atom is -0.314 e. The standard InChI is InChI=1S/C14H26N4/c1-11(2)14(3,4)10-15-9-13-17-16-12-7-5-6-8-18(12)13/h11,15H,5-10H2,1-4H3. The van der Waals surface area contributed by atoms with Crippen molar-refractivity contribution in [3.63, 3.8) is 0 Å². The Labute approximate surface area is 110 Å². The fraction of sp³-hybridized carbons (Fsp3) is 0.857. The maximum absolute atomic E-state index is 4.31. The van der Waals surface area contributed by atoms with E-state index in [1.54, 1.807) is 0 Å². The molecule has 1 N–H and O–H groups in total. The Morgan fingerprint density at radius 1 is 1.28 bits per heavy atom. The number of aryl methyl sites for hydroxylation is 1. The quantitative estimate of drug-likeness (QED) is 0.872. The van der Waals surface area contributed by atoms with Gasteiger partial charge in [-0.15, -0.1) is 10.2 Å². The second-order valence-corrected chi connectivity index (χ2v) is 6.39. The molecule has 4 nitrogen and oxygen atoms in total. The lowest BCUT2D eigenvalue weighted by molar-refractivity contribution is 0.236. The van der Waals surface area contributed by atoms with Gasteiger partial charge < -0.3 is 9.88 Å². The monoisotopic (exact) mass is 250 g/mol. The van der Waals surface area contributed by atoms with Crippen molar-refractivity contribution in [3.05, 3.63) is 11.6 Å². The van der Waals surface area contributed by atoms with Gasteiger partial charge in [-0.2, -0.15) is 0 Å². The average molecular weight is 250 g/mol. The van der Waals surface area contributed by atoms with Gasteiger partial charge in [-0.1, -0.05) is 27.7 Å². The Hall–Kier alpha value is -0.900. The van der Waals surface area contributed by atoms with Crippen molar-refractivity contribution >= 4 is 0 Å². The highest BCUT2D eigenvalue weighted by Crippen LogP contribution is 2.24. The van der Waals surface area contributed by atoms with Crippen molar-refractivity contribution in [3.8, 4) is 0 Å². The molecule has 0 spiro atoms. The Bertz CT molecular complexity index is 392. The number of aromatic nitrogens is 3. The summed E-state index contributed by atoms with van der Waals surface area (Å²) in [4.78, 5) is 0. The summed E-state index contributed by atoms with van der Waals surface area (Å²) >= 11 is 0. The average Bonchev–Trinajstić information content (AvgIpc) is 2.72. The number of fused-ring (bicyclic) bond motifs is 1. The van der Waals surface area contributed by atoms with E-state index in [4.69, 9.17) is 0 Å². The molecule has 102 valence electrons. The van der Waals surface area contributed by atoms with Gasteiger partial charge >= 0.3 is 0 Å². The summed E-state index contributed by atoms with van der Waals surface area (Å²) in [6.45, 7) is 12.1. The third-order valence-electron chi connectivity index (χ3n) is 4.36. The van der Waals surface area contributed by atoms with Crippen LogP contribution in [0.25, 0.3) is 0 Å². The Morgan fingerprint density at radius 2 is 2.06 bits per heavy atom. The molecule has 0 bridgehead atoms. The van der Waals surface area contributed by atoms with Crippen LogP contribution in [-0.2, 0) is 19.5 Å². The van der Waals surface area contributed by atoms with Crippen molar-refractivity contribution in [2.24, 2.45) is 11.3 Å². The molecule has 1 aromatic heterocycles. The second-order valence-electron chi connectivity index (χ2n) is 6.39. The second kappa shape index (κ2) is 5.39. The van der Waals surface area contributed by atoms with E-state index in [1.165, 1.54) is 18.7 Å². The van der Waals surface area contributed by atoms with E-state index in [2.05, 4.69) is 47.8 Å². The van der Waals surface area contributed by atoms with Gasteiger partial charge in [-0.05, 0) is 24.2 Å². The summed E-state index contributed by atoms with van der Waals surface area (Å²) < 4.78 is 2.29. The predicted octanol–water partition coefficient (Wildman–Crippen LogP) is 2.39. The van der Waals surface area contributed by atoms with Crippen LogP contribution in [0.5, 0.6) is 0 Å². The normalized spacial score (nSPS) is 16.1. The number of nitrogens with zero attached hydrogens (tertiary/aromatic N) is 3. The largest absolute Gasteiger partial charge is 0.314 e. The molecule has 0 aliphatic carbocycles. The maximum Gasteiger partial charge on any atom is 0.147 e. The van der Waals surface area contributed by atoms with Gasteiger partial charge in [0.05, 0.1) is 6.54 Å². The van der Waals surface area contributed by atoms with E-state index in [0.717, 1.165) is 31.9 Å². The highest BCUT2D eigenvalue weighted by Gasteiger charge is 2.22. The third-order valence-corrected chi connectivity index (χ3v) is 4.36. The number of hydrogen-bond acceptors (Lipinski definition) is 3. The molecule has 0 amide bonds. The smallest absolute Gasteiger partial charge is 0.147 e. The summed E-state index contributed by atoms with van der Waals surface area (Å²) in [5, 5.41) is 12.1. The van der Waals surface area contributed by atoms with Crippen molar-refractivity contribution in [1.29, 1.82) is 0 Å². The highest BCUT2D eigenvalue weighted by molar-refractivity contribution is 4.98. The van der Waals surface area contributed by atoms with Crippen LogP contribution >= 0.6 is 0 Å². The summed E-state index contributed by atoms with van der Waals surface area (Å²) in [5.74, 6) is 2.95. The van der Waals surface area contributed by atoms with E-state index >= 15 is 0 Å². The molecule has 0 saturated carbocycles. The molecule has 2 rings (SSSR count). The van der Waals surface area contributed by atoms with E-state index in [0.29, 0.717) is 11.3 Å². The molecule has 4 heteroatoms. The van der Waals surface area contributed by atoms with E-state index < -0.39 is 0 Å². The molecule has 1 aromatic rings. The number of hydrogen-bond donors (Lipinski definition) is 1. The Morgan fingerprint density at radius 3 is 2.78 bits per heavy atom. The van der Waals surface area contributed by atoms with Gasteiger partial charge in [0.2, 0.25) is 0 Å². The van der Waals surface area contributed by atoms with Crippen LogP contribution in [0.4, 0.5) is 0 Å². The summed E-state index contributed by atoms with van der Waals surface area (Å²) in [7, 11) is 0. The zero-order valence-electron chi connectivity index (χ0n) is 12.2. The Kier molecular flexibility index (Phi) is 4.05. The van der Waals surface area contributed by atoms with Crippen LogP contribution in [0.2, 0.25) is 0 Å². The molecule has 2 heterocycles. The lowest BCUT2D eigenvalue weighted by Crippen LogP contribution is -2.33. The molecule has 18 heavy (non-hydrogen) atoms. The zero-order valence-corrected chi connectivity index (χ0v) is 12.2. The molecular weight excluding hydrogens is 224 g/mol. The highest BCUT2D eigenvalue weighted by atomic mass is 15.3. The van der Waals surface area contributed by atoms with Gasteiger partial charge in [0.15, 0.2) is 0 Å². The number of rotatable bonds is 5. The molecule has 1 aliphatic rings. The molecule has 0 atom stereocenters. The molecule has 0 radical (unpaired) electrons. The van der Waals surface area contributed by atoms with E-state index in [-0.39, 0.29) is 0 Å². The fourth-order valence-corrected chi connectivity index (χ4v) is 2.20. The van der Waals surface area contributed by atoms with Crippen LogP contribution in [0.1, 0.15) is 52.2 Å². The van der Waals surface area contributed by atoms with E-state index in [1.807, 2.05) is 0 Å². The summed E-state index contributed by atoms with van der Waals surface area (Å²) in [6, 6.07) is 0. The molecule has 1 aliphatic heterocycles. The Balaban J connectivity index is 1.89. The van der Waals surface area contributed by atoms with Crippen LogP contribution < -0.4 is 5.32 Å². The molecule has 0 saturated heterocycles. The SMILES string of the molecule is CC(C)C(C)(C)CNCc1nnc2n1CCCC2. The van der Waals surface area contributed by atoms with Crippen molar-refractivity contribution < 1.29 is 0 Å².